The third kappa shape index (κ3) is 4.68. The summed E-state index contributed by atoms with van der Waals surface area (Å²) in [4.78, 5) is 15.0. The van der Waals surface area contributed by atoms with E-state index in [4.69, 9.17) is 0 Å². The van der Waals surface area contributed by atoms with Gasteiger partial charge in [0.05, 0.1) is 9.79 Å². The maximum absolute atomic E-state index is 13.0. The zero-order valence-corrected chi connectivity index (χ0v) is 18.2. The summed E-state index contributed by atoms with van der Waals surface area (Å²) in [5.74, 6) is -0.251. The van der Waals surface area contributed by atoms with Crippen LogP contribution >= 0.6 is 0 Å². The van der Waals surface area contributed by atoms with Crippen LogP contribution in [0.25, 0.3) is 0 Å². The molecular weight excluding hydrogens is 412 g/mol. The molecule has 1 N–H and O–H groups in total. The number of nitrogens with one attached hydrogen (secondary N) is 1. The smallest absolute Gasteiger partial charge is 0.258 e. The molecule has 29 heavy (non-hydrogen) atoms. The molecule has 0 radical (unpaired) electrons. The lowest BCUT2D eigenvalue weighted by Gasteiger charge is -2.30. The lowest BCUT2D eigenvalue weighted by molar-refractivity contribution is 0.0985. The number of hydrogen-bond acceptors (Lipinski definition) is 5. The molecule has 2 aromatic carbocycles. The predicted molar refractivity (Wildman–Crippen MR) is 111 cm³/mol. The molecule has 0 aliphatic carbocycles. The quantitative estimate of drug-likeness (QED) is 0.776. The van der Waals surface area contributed by atoms with Gasteiger partial charge in [0.1, 0.15) is 0 Å². The second kappa shape index (κ2) is 7.89. The number of nitrogens with zero attached hydrogens (tertiary/aromatic N) is 1. The van der Waals surface area contributed by atoms with Gasteiger partial charge >= 0.3 is 0 Å². The molecule has 1 aliphatic rings. The number of sulfone groups is 1. The minimum atomic E-state index is -3.63. The van der Waals surface area contributed by atoms with Crippen LogP contribution in [0, 0.1) is 0 Å². The molecule has 0 unspecified atom stereocenters. The third-order valence-corrected chi connectivity index (χ3v) is 7.43. The van der Waals surface area contributed by atoms with Gasteiger partial charge in [-0.1, -0.05) is 0 Å². The molecule has 7 nitrogen and oxygen atoms in total. The molecule has 0 bridgehead atoms. The lowest BCUT2D eigenvalue weighted by Crippen LogP contribution is -2.35. The molecule has 3 rings (SSSR count). The summed E-state index contributed by atoms with van der Waals surface area (Å²) in [7, 11) is -6.95. The van der Waals surface area contributed by atoms with Crippen LogP contribution in [-0.2, 0) is 26.3 Å². The van der Waals surface area contributed by atoms with Gasteiger partial charge in [0.15, 0.2) is 9.84 Å². The fraction of sp³-hybridized carbons (Fsp3) is 0.350. The van der Waals surface area contributed by atoms with E-state index in [9.17, 15) is 21.6 Å². The number of sulfonamides is 1. The Morgan fingerprint density at radius 3 is 2.21 bits per heavy atom. The van der Waals surface area contributed by atoms with Gasteiger partial charge < -0.3 is 4.90 Å². The minimum absolute atomic E-state index is 0.0968. The zero-order valence-electron chi connectivity index (χ0n) is 16.5. The van der Waals surface area contributed by atoms with Gasteiger partial charge in [-0.25, -0.2) is 21.6 Å². The molecule has 156 valence electrons. The molecular formula is C20H24N2O5S2. The Balaban J connectivity index is 1.89. The first kappa shape index (κ1) is 21.5. The van der Waals surface area contributed by atoms with E-state index < -0.39 is 19.9 Å². The highest BCUT2D eigenvalue weighted by Gasteiger charge is 2.25. The first-order valence-electron chi connectivity index (χ1n) is 9.26. The summed E-state index contributed by atoms with van der Waals surface area (Å²) >= 11 is 0. The van der Waals surface area contributed by atoms with Crippen molar-refractivity contribution in [3.63, 3.8) is 0 Å². The molecule has 0 saturated carbocycles. The molecule has 1 heterocycles. The monoisotopic (exact) mass is 436 g/mol. The van der Waals surface area contributed by atoms with E-state index >= 15 is 0 Å². The largest absolute Gasteiger partial charge is 0.308 e. The van der Waals surface area contributed by atoms with Crippen LogP contribution in [0.5, 0.6) is 0 Å². The highest BCUT2D eigenvalue weighted by Crippen LogP contribution is 2.30. The molecule has 0 fully saturated rings. The Bertz CT molecular complexity index is 1140. The van der Waals surface area contributed by atoms with Crippen LogP contribution in [-0.4, -0.2) is 41.6 Å². The van der Waals surface area contributed by atoms with Crippen molar-refractivity contribution in [3.8, 4) is 0 Å². The maximum atomic E-state index is 13.0. The second-order valence-electron chi connectivity index (χ2n) is 7.42. The van der Waals surface area contributed by atoms with E-state index in [1.807, 2.05) is 0 Å². The van der Waals surface area contributed by atoms with Gasteiger partial charge in [0.25, 0.3) is 5.91 Å². The summed E-state index contributed by atoms with van der Waals surface area (Å²) < 4.78 is 50.6. The number of carbonyl (C=O) groups is 1. The van der Waals surface area contributed by atoms with Crippen LogP contribution in [0.1, 0.15) is 36.2 Å². The van der Waals surface area contributed by atoms with Gasteiger partial charge in [0, 0.05) is 30.1 Å². The van der Waals surface area contributed by atoms with Crippen LogP contribution in [0.4, 0.5) is 5.69 Å². The van der Waals surface area contributed by atoms with Crippen molar-refractivity contribution in [1.82, 2.24) is 4.72 Å². The number of anilines is 1. The first-order chi connectivity index (χ1) is 13.5. The van der Waals surface area contributed by atoms with E-state index in [0.29, 0.717) is 24.2 Å². The number of hydrogen-bond donors (Lipinski definition) is 1. The SMILES string of the molecule is CC(C)NS(=O)(=O)c1ccc(C(=O)N2CCCc3cc(S(C)(=O)=O)ccc32)cc1. The van der Waals surface area contributed by atoms with E-state index in [1.54, 1.807) is 30.9 Å². The lowest BCUT2D eigenvalue weighted by atomic mass is 10.0. The second-order valence-corrected chi connectivity index (χ2v) is 11.2. The molecule has 0 atom stereocenters. The number of fused-ring (bicyclic) bond motifs is 1. The van der Waals surface area contributed by atoms with Crippen molar-refractivity contribution in [2.75, 3.05) is 17.7 Å². The average molecular weight is 437 g/mol. The van der Waals surface area contributed by atoms with E-state index in [2.05, 4.69) is 4.72 Å². The Morgan fingerprint density at radius 2 is 1.62 bits per heavy atom. The molecule has 9 heteroatoms. The van der Waals surface area contributed by atoms with Crippen molar-refractivity contribution in [1.29, 1.82) is 0 Å². The normalized spacial score (nSPS) is 14.7. The van der Waals surface area contributed by atoms with Crippen molar-refractivity contribution in [3.05, 3.63) is 53.6 Å². The Kier molecular flexibility index (Phi) is 5.84. The number of aryl methyl sites for hydroxylation is 1. The van der Waals surface area contributed by atoms with Crippen molar-refractivity contribution in [2.45, 2.75) is 42.5 Å². The molecule has 0 saturated heterocycles. The van der Waals surface area contributed by atoms with E-state index in [1.165, 1.54) is 30.3 Å². The fourth-order valence-electron chi connectivity index (χ4n) is 3.33. The highest BCUT2D eigenvalue weighted by atomic mass is 32.2. The fourth-order valence-corrected chi connectivity index (χ4v) is 5.25. The van der Waals surface area contributed by atoms with Crippen LogP contribution < -0.4 is 9.62 Å². The maximum Gasteiger partial charge on any atom is 0.258 e. The standard InChI is InChI=1S/C20H24N2O5S2/c1-14(2)21-29(26,27)17-8-6-15(7-9-17)20(23)22-12-4-5-16-13-18(28(3,24)25)10-11-19(16)22/h6-11,13-14,21H,4-5,12H2,1-3H3. The summed E-state index contributed by atoms with van der Waals surface area (Å²) in [6, 6.07) is 10.4. The van der Waals surface area contributed by atoms with Gasteiger partial charge in [-0.15, -0.1) is 0 Å². The topological polar surface area (TPSA) is 101 Å². The van der Waals surface area contributed by atoms with Crippen molar-refractivity contribution >= 4 is 31.5 Å². The number of amides is 1. The predicted octanol–water partition coefficient (Wildman–Crippen LogP) is 2.37. The summed E-state index contributed by atoms with van der Waals surface area (Å²) in [6.45, 7) is 3.98. The van der Waals surface area contributed by atoms with Crippen molar-refractivity contribution < 1.29 is 21.6 Å². The van der Waals surface area contributed by atoms with Crippen LogP contribution in [0.3, 0.4) is 0 Å². The first-order valence-corrected chi connectivity index (χ1v) is 12.6. The molecule has 1 aliphatic heterocycles. The Morgan fingerprint density at radius 1 is 1.00 bits per heavy atom. The van der Waals surface area contributed by atoms with E-state index in [0.717, 1.165) is 18.2 Å². The summed E-state index contributed by atoms with van der Waals surface area (Å²) in [6.07, 6.45) is 2.57. The highest BCUT2D eigenvalue weighted by molar-refractivity contribution is 7.90. The van der Waals surface area contributed by atoms with Crippen LogP contribution in [0.2, 0.25) is 0 Å². The summed E-state index contributed by atoms with van der Waals surface area (Å²) in [5.41, 5.74) is 1.87. The van der Waals surface area contributed by atoms with Gasteiger partial charge in [-0.05, 0) is 74.7 Å². The number of rotatable bonds is 5. The molecule has 2 aromatic rings. The minimum Gasteiger partial charge on any atom is -0.308 e. The van der Waals surface area contributed by atoms with Gasteiger partial charge in [-0.2, -0.15) is 0 Å². The molecule has 1 amide bonds. The average Bonchev–Trinajstić information content (AvgIpc) is 2.65. The van der Waals surface area contributed by atoms with Gasteiger partial charge in [0.2, 0.25) is 10.0 Å². The molecule has 0 aromatic heterocycles. The third-order valence-electron chi connectivity index (χ3n) is 4.65. The Hall–Kier alpha value is -2.23. The molecule has 0 spiro atoms. The van der Waals surface area contributed by atoms with E-state index in [-0.39, 0.29) is 21.7 Å². The summed E-state index contributed by atoms with van der Waals surface area (Å²) in [5, 5.41) is 0. The van der Waals surface area contributed by atoms with Crippen molar-refractivity contribution in [2.24, 2.45) is 0 Å². The number of benzene rings is 2. The Labute approximate surface area is 171 Å². The van der Waals surface area contributed by atoms with Crippen LogP contribution in [0.15, 0.2) is 52.3 Å². The zero-order chi connectivity index (χ0) is 21.4. The number of carbonyl (C=O) groups excluding carboxylic acids is 1. The van der Waals surface area contributed by atoms with Gasteiger partial charge in [-0.3, -0.25) is 4.79 Å².